The van der Waals surface area contributed by atoms with Crippen molar-refractivity contribution in [2.24, 2.45) is 5.73 Å². The average Bonchev–Trinajstić information content (AvgIpc) is 2.23. The van der Waals surface area contributed by atoms with Crippen LogP contribution in [-0.2, 0) is 9.59 Å². The summed E-state index contributed by atoms with van der Waals surface area (Å²) in [5, 5.41) is 2.69. The molecule has 2 amide bonds. The lowest BCUT2D eigenvalue weighted by Gasteiger charge is -2.30. The number of likely N-dealkylation sites (tertiary alicyclic amines) is 1. The fourth-order valence-electron chi connectivity index (χ4n) is 1.63. The van der Waals surface area contributed by atoms with Crippen LogP contribution < -0.4 is 11.1 Å². The number of hydrogen-bond acceptors (Lipinski definition) is 3. The Morgan fingerprint density at radius 2 is 2.31 bits per heavy atom. The molecule has 1 rings (SSSR count). The summed E-state index contributed by atoms with van der Waals surface area (Å²) < 4.78 is 0. The largest absolute Gasteiger partial charge is 0.344 e. The molecule has 0 saturated carbocycles. The lowest BCUT2D eigenvalue weighted by atomic mass is 10.0. The van der Waals surface area contributed by atoms with E-state index in [0.29, 0.717) is 12.8 Å². The maximum Gasteiger partial charge on any atom is 0.244 e. The van der Waals surface area contributed by atoms with Gasteiger partial charge in [-0.25, -0.2) is 0 Å². The molecule has 1 aliphatic rings. The van der Waals surface area contributed by atoms with E-state index in [-0.39, 0.29) is 30.3 Å². The molecule has 1 fully saturated rings. The summed E-state index contributed by atoms with van der Waals surface area (Å²) in [6, 6.07) is -0.890. The molecular weight excluding hydrogens is 230 g/mol. The van der Waals surface area contributed by atoms with E-state index in [1.807, 2.05) is 6.92 Å². The quantitative estimate of drug-likeness (QED) is 0.733. The van der Waals surface area contributed by atoms with Gasteiger partial charge >= 0.3 is 0 Å². The Morgan fingerprint density at radius 3 is 2.88 bits per heavy atom. The molecular formula is C10H20ClN3O2. The highest BCUT2D eigenvalue weighted by molar-refractivity contribution is 5.89. The van der Waals surface area contributed by atoms with Crippen molar-refractivity contribution in [2.75, 3.05) is 13.6 Å². The fraction of sp³-hybridized carbons (Fsp3) is 0.800. The van der Waals surface area contributed by atoms with Gasteiger partial charge in [-0.3, -0.25) is 9.59 Å². The Kier molecular flexibility index (Phi) is 6.36. The lowest BCUT2D eigenvalue weighted by Crippen LogP contribution is -2.54. The number of hydrogen-bond donors (Lipinski definition) is 2. The van der Waals surface area contributed by atoms with Crippen LogP contribution in [0, 0.1) is 0 Å². The van der Waals surface area contributed by atoms with Gasteiger partial charge in [0.2, 0.25) is 11.8 Å². The summed E-state index contributed by atoms with van der Waals surface area (Å²) in [6.45, 7) is 2.62. The van der Waals surface area contributed by atoms with E-state index >= 15 is 0 Å². The second-order valence-electron chi connectivity index (χ2n) is 3.98. The van der Waals surface area contributed by atoms with Gasteiger partial charge in [-0.2, -0.15) is 0 Å². The molecule has 0 bridgehead atoms. The van der Waals surface area contributed by atoms with Gasteiger partial charge in [0.25, 0.3) is 0 Å². The van der Waals surface area contributed by atoms with E-state index in [2.05, 4.69) is 5.32 Å². The van der Waals surface area contributed by atoms with Crippen molar-refractivity contribution < 1.29 is 9.59 Å². The molecule has 0 aliphatic carbocycles. The van der Waals surface area contributed by atoms with Crippen LogP contribution in [0.25, 0.3) is 0 Å². The molecule has 0 spiro atoms. The molecule has 1 heterocycles. The van der Waals surface area contributed by atoms with Gasteiger partial charge < -0.3 is 16.0 Å². The third-order valence-corrected chi connectivity index (χ3v) is 2.75. The highest BCUT2D eigenvalue weighted by Gasteiger charge is 2.28. The van der Waals surface area contributed by atoms with E-state index in [4.69, 9.17) is 5.73 Å². The fourth-order valence-corrected chi connectivity index (χ4v) is 1.63. The Balaban J connectivity index is 0.00000225. The number of likely N-dealkylation sites (N-methyl/N-ethyl adjacent to an activating group) is 1. The highest BCUT2D eigenvalue weighted by atomic mass is 35.5. The normalized spacial score (nSPS) is 22.3. The summed E-state index contributed by atoms with van der Waals surface area (Å²) in [7, 11) is 1.75. The second-order valence-corrected chi connectivity index (χ2v) is 3.98. The number of rotatable bonds is 3. The van der Waals surface area contributed by atoms with E-state index in [0.717, 1.165) is 13.0 Å². The van der Waals surface area contributed by atoms with E-state index in [1.165, 1.54) is 0 Å². The molecule has 3 N–H and O–H groups in total. The van der Waals surface area contributed by atoms with Crippen molar-refractivity contribution in [1.29, 1.82) is 0 Å². The van der Waals surface area contributed by atoms with Gasteiger partial charge in [-0.05, 0) is 19.3 Å². The van der Waals surface area contributed by atoms with Crippen LogP contribution in [0.1, 0.15) is 26.2 Å². The van der Waals surface area contributed by atoms with Crippen LogP contribution in [0.15, 0.2) is 0 Å². The number of carbonyl (C=O) groups excluding carboxylic acids is 2. The molecule has 0 aromatic rings. The van der Waals surface area contributed by atoms with Crippen LogP contribution >= 0.6 is 12.4 Å². The summed E-state index contributed by atoms with van der Waals surface area (Å²) in [5.41, 5.74) is 5.58. The molecule has 94 valence electrons. The molecule has 1 aliphatic heterocycles. The molecule has 16 heavy (non-hydrogen) atoms. The van der Waals surface area contributed by atoms with Gasteiger partial charge in [0.1, 0.15) is 6.04 Å². The van der Waals surface area contributed by atoms with Crippen molar-refractivity contribution in [3.63, 3.8) is 0 Å². The Bertz CT molecular complexity index is 260. The van der Waals surface area contributed by atoms with Crippen molar-refractivity contribution >= 4 is 24.2 Å². The lowest BCUT2D eigenvalue weighted by molar-refractivity contribution is -0.137. The minimum Gasteiger partial charge on any atom is -0.344 e. The molecule has 0 aromatic carbocycles. The second kappa shape index (κ2) is 6.70. The third-order valence-electron chi connectivity index (χ3n) is 2.75. The van der Waals surface area contributed by atoms with Crippen molar-refractivity contribution in [2.45, 2.75) is 38.3 Å². The molecule has 2 atom stereocenters. The number of carbonyl (C=O) groups is 2. The van der Waals surface area contributed by atoms with Gasteiger partial charge in [0.15, 0.2) is 0 Å². The molecule has 0 radical (unpaired) electrons. The van der Waals surface area contributed by atoms with Gasteiger partial charge in [-0.15, -0.1) is 12.4 Å². The number of nitrogens with one attached hydrogen (secondary N) is 1. The highest BCUT2D eigenvalue weighted by Crippen LogP contribution is 2.09. The van der Waals surface area contributed by atoms with Gasteiger partial charge in [-0.1, -0.05) is 6.92 Å². The number of halogens is 1. The monoisotopic (exact) mass is 249 g/mol. The first kappa shape index (κ1) is 15.2. The summed E-state index contributed by atoms with van der Waals surface area (Å²) in [6.07, 6.45) is 2.22. The number of amides is 2. The SMILES string of the molecule is CC[C@H](N)C(=O)NC1CCCN(C)C1=O.Cl. The Morgan fingerprint density at radius 1 is 1.69 bits per heavy atom. The number of nitrogens with zero attached hydrogens (tertiary/aromatic N) is 1. The zero-order chi connectivity index (χ0) is 11.4. The van der Waals surface area contributed by atoms with Gasteiger partial charge in [0.05, 0.1) is 6.04 Å². The predicted molar refractivity (Wildman–Crippen MR) is 64.3 cm³/mol. The smallest absolute Gasteiger partial charge is 0.244 e. The maximum absolute atomic E-state index is 11.6. The minimum atomic E-state index is -0.509. The first-order chi connectivity index (χ1) is 7.06. The standard InChI is InChI=1S/C10H19N3O2.ClH/c1-3-7(11)9(14)12-8-5-4-6-13(2)10(8)15;/h7-8H,3-6,11H2,1-2H3,(H,12,14);1H/t7-,8?;/m0./s1. The van der Waals surface area contributed by atoms with Crippen molar-refractivity contribution in [1.82, 2.24) is 10.2 Å². The Labute approximate surface area is 102 Å². The topological polar surface area (TPSA) is 75.4 Å². The van der Waals surface area contributed by atoms with Crippen LogP contribution in [0.3, 0.4) is 0 Å². The summed E-state index contributed by atoms with van der Waals surface area (Å²) in [5.74, 6) is -0.246. The molecule has 0 aromatic heterocycles. The Hall–Kier alpha value is -0.810. The molecule has 5 nitrogen and oxygen atoms in total. The predicted octanol–water partition coefficient (Wildman–Crippen LogP) is -0.117. The first-order valence-corrected chi connectivity index (χ1v) is 5.37. The van der Waals surface area contributed by atoms with E-state index < -0.39 is 6.04 Å². The van der Waals surface area contributed by atoms with Crippen LogP contribution in [0.4, 0.5) is 0 Å². The summed E-state index contributed by atoms with van der Waals surface area (Å²) >= 11 is 0. The van der Waals surface area contributed by atoms with Crippen molar-refractivity contribution in [3.8, 4) is 0 Å². The molecule has 1 unspecified atom stereocenters. The number of nitrogens with two attached hydrogens (primary N) is 1. The first-order valence-electron chi connectivity index (χ1n) is 5.37. The average molecular weight is 250 g/mol. The van der Waals surface area contributed by atoms with Crippen LogP contribution in [0.2, 0.25) is 0 Å². The van der Waals surface area contributed by atoms with Crippen LogP contribution in [0.5, 0.6) is 0 Å². The zero-order valence-corrected chi connectivity index (χ0v) is 10.5. The third kappa shape index (κ3) is 3.64. The van der Waals surface area contributed by atoms with E-state index in [9.17, 15) is 9.59 Å². The molecule has 1 saturated heterocycles. The van der Waals surface area contributed by atoms with E-state index in [1.54, 1.807) is 11.9 Å². The van der Waals surface area contributed by atoms with Crippen LogP contribution in [-0.4, -0.2) is 42.4 Å². The van der Waals surface area contributed by atoms with Crippen molar-refractivity contribution in [3.05, 3.63) is 0 Å². The zero-order valence-electron chi connectivity index (χ0n) is 9.73. The minimum absolute atomic E-state index is 0. The van der Waals surface area contributed by atoms with Gasteiger partial charge in [0, 0.05) is 13.6 Å². The molecule has 6 heteroatoms. The number of piperidine rings is 1. The maximum atomic E-state index is 11.6. The summed E-state index contributed by atoms with van der Waals surface area (Å²) in [4.78, 5) is 24.8.